The summed E-state index contributed by atoms with van der Waals surface area (Å²) in [5, 5.41) is 8.70. The molecule has 8 N–H and O–H groups in total. The Morgan fingerprint density at radius 2 is 1.26 bits per heavy atom. The van der Waals surface area contributed by atoms with Gasteiger partial charge in [-0.25, -0.2) is 19.9 Å². The maximum absolute atomic E-state index is 12.8. The number of fused-ring (bicyclic) bond motifs is 2. The summed E-state index contributed by atoms with van der Waals surface area (Å²) in [4.78, 5) is 97.6. The van der Waals surface area contributed by atoms with E-state index in [1.54, 1.807) is 59.1 Å². The van der Waals surface area contributed by atoms with Crippen LogP contribution >= 0.6 is 66.7 Å². The number of pyridine rings is 3. The van der Waals surface area contributed by atoms with E-state index in [-0.39, 0.29) is 53.7 Å². The molecule has 0 radical (unpaired) electrons. The predicted molar refractivity (Wildman–Crippen MR) is 252 cm³/mol. The van der Waals surface area contributed by atoms with Gasteiger partial charge in [0.25, 0.3) is 34.4 Å². The Balaban J connectivity index is 0.000000235. The minimum Gasteiger partial charge on any atom is -0.384 e. The number of amides is 3. The number of anilines is 3. The second kappa shape index (κ2) is 23.2. The first-order valence-electron chi connectivity index (χ1n) is 18.0. The first-order chi connectivity index (χ1) is 30.5. The smallest absolute Gasteiger partial charge is 0.277 e. The van der Waals surface area contributed by atoms with Crippen LogP contribution in [0.3, 0.4) is 0 Å². The minimum atomic E-state index is -1.15. The number of primary amides is 1. The van der Waals surface area contributed by atoms with Crippen LogP contribution in [-0.4, -0.2) is 57.6 Å². The van der Waals surface area contributed by atoms with Gasteiger partial charge in [-0.3, -0.25) is 42.7 Å². The van der Waals surface area contributed by atoms with E-state index in [1.165, 1.54) is 46.9 Å². The number of H-pyrrole nitrogens is 1. The van der Waals surface area contributed by atoms with E-state index in [4.69, 9.17) is 46.3 Å². The molecule has 0 spiro atoms. The van der Waals surface area contributed by atoms with Crippen molar-refractivity contribution in [2.75, 3.05) is 11.1 Å². The molecule has 7 heterocycles. The summed E-state index contributed by atoms with van der Waals surface area (Å²) in [6.07, 6.45) is 5.91. The van der Waals surface area contributed by atoms with Gasteiger partial charge < -0.3 is 32.4 Å². The highest BCUT2D eigenvalue weighted by molar-refractivity contribution is 9.10. The Hall–Kier alpha value is -6.80. The largest absolute Gasteiger partial charge is 0.384 e. The number of carbonyl (C=O) groups is 4. The second-order valence-electron chi connectivity index (χ2n) is 12.8. The number of carbonyl (C=O) groups excluding carboxylic acids is 4. The van der Waals surface area contributed by atoms with E-state index in [0.717, 1.165) is 0 Å². The van der Waals surface area contributed by atoms with Crippen molar-refractivity contribution in [1.82, 2.24) is 44.7 Å². The van der Waals surface area contributed by atoms with Crippen LogP contribution in [0.2, 0.25) is 15.1 Å². The number of nitrogens with zero attached hydrogens (tertiary/aromatic N) is 6. The molecule has 19 nitrogen and oxygen atoms in total. The highest BCUT2D eigenvalue weighted by atomic mass is 79.9. The topological polar surface area (TPSA) is 285 Å². The van der Waals surface area contributed by atoms with Gasteiger partial charge in [0, 0.05) is 19.3 Å². The van der Waals surface area contributed by atoms with E-state index in [1.807, 2.05) is 0 Å². The maximum atomic E-state index is 12.8. The molecule has 65 heavy (non-hydrogen) atoms. The monoisotopic (exact) mass is 1070 g/mol. The first-order valence-corrected chi connectivity index (χ1v) is 20.7. The molecule has 0 fully saturated rings. The lowest BCUT2D eigenvalue weighted by Gasteiger charge is -2.21. The fourth-order valence-electron chi connectivity index (χ4n) is 5.48. The SMILES string of the molecule is CC#CC(C)=O.CC#CC1(C)NC(=O)c2c(Cl)cc(Br)c(=O)n21.CC#CC1(C)NC(=O)c2c(Cl)cc(Nc3ccncn3)c(=O)n21.NC(=O)c1[nH]c(=O)c(Br)cc1Cl.Nc1ccncn1. The normalized spacial score (nSPS) is 15.5. The van der Waals surface area contributed by atoms with Crippen molar-refractivity contribution in [3.05, 3.63) is 128 Å². The van der Waals surface area contributed by atoms with Crippen molar-refractivity contribution in [2.45, 2.75) is 52.9 Å². The van der Waals surface area contributed by atoms with Crippen LogP contribution in [0.1, 0.15) is 73.0 Å². The molecule has 5 aromatic heterocycles. The standard InChI is InChI=1S/C15H12ClN5O2.C11H8BrClN2O2.C6H4BrClN2O2.C5H6O.C4H5N3/c1-3-5-15(2)20-13(22)12-9(16)7-10(14(23)21(12)15)19-11-4-6-17-8-18-11;1-3-4-11(2)14-9(16)8-7(13)5-6(12)10(17)15(8)11;7-2-1-3(8)4(5(9)11)10-6(2)12;1-3-4-5(2)6;5-4-1-2-6-3-7-4/h4,6-8H,1-2H3,(H,20,22)(H,17,18,19);5H,1-2H3,(H,14,16);1H,(H2,9,11)(H,10,12);1-2H3;1-3H,(H2,5,6,7). The van der Waals surface area contributed by atoms with Crippen LogP contribution in [0.5, 0.6) is 0 Å². The molecule has 0 saturated heterocycles. The van der Waals surface area contributed by atoms with E-state index in [9.17, 15) is 33.6 Å². The Morgan fingerprint density at radius 3 is 1.68 bits per heavy atom. The van der Waals surface area contributed by atoms with Gasteiger partial charge in [-0.15, -0.1) is 11.8 Å². The van der Waals surface area contributed by atoms with Crippen LogP contribution in [0.25, 0.3) is 0 Å². The zero-order valence-corrected chi connectivity index (χ0v) is 40.2. The Labute approximate surface area is 401 Å². The van der Waals surface area contributed by atoms with E-state index >= 15 is 0 Å². The predicted octanol–water partition coefficient (Wildman–Crippen LogP) is 4.73. The minimum absolute atomic E-state index is 0.0718. The number of nitrogens with two attached hydrogens (primary N) is 2. The van der Waals surface area contributed by atoms with Gasteiger partial charge in [0.15, 0.2) is 11.3 Å². The van der Waals surface area contributed by atoms with Crippen molar-refractivity contribution >= 4 is 107 Å². The van der Waals surface area contributed by atoms with Crippen LogP contribution in [0, 0.1) is 35.5 Å². The highest BCUT2D eigenvalue weighted by Gasteiger charge is 2.41. The molecule has 0 aromatic carbocycles. The molecule has 2 unspecified atom stereocenters. The van der Waals surface area contributed by atoms with Crippen molar-refractivity contribution in [3.8, 4) is 35.5 Å². The summed E-state index contributed by atoms with van der Waals surface area (Å²) in [7, 11) is 0. The lowest BCUT2D eigenvalue weighted by atomic mass is 10.2. The van der Waals surface area contributed by atoms with E-state index < -0.39 is 40.2 Å². The number of aromatic nitrogens is 7. The molecule has 2 aliphatic rings. The summed E-state index contributed by atoms with van der Waals surface area (Å²) in [5.41, 5.74) is 7.08. The van der Waals surface area contributed by atoms with Crippen LogP contribution in [0.4, 0.5) is 17.3 Å². The molecule has 3 amide bonds. The average molecular weight is 1070 g/mol. The fourth-order valence-corrected chi connectivity index (χ4v) is 7.29. The zero-order chi connectivity index (χ0) is 48.8. The third-order valence-corrected chi connectivity index (χ3v) is 10.0. The van der Waals surface area contributed by atoms with Crippen molar-refractivity contribution in [2.24, 2.45) is 5.73 Å². The number of nitrogens with one attached hydrogen (secondary N) is 4. The van der Waals surface area contributed by atoms with Gasteiger partial charge in [0.05, 0.1) is 24.0 Å². The second-order valence-corrected chi connectivity index (χ2v) is 15.8. The molecule has 336 valence electrons. The number of ketones is 1. The number of nitrogen functional groups attached to an aromatic ring is 1. The third-order valence-electron chi connectivity index (χ3n) is 7.98. The maximum Gasteiger partial charge on any atom is 0.277 e. The molecular weight excluding hydrogens is 1040 g/mol. The lowest BCUT2D eigenvalue weighted by molar-refractivity contribution is -0.111. The van der Waals surface area contributed by atoms with Crippen LogP contribution in [0.15, 0.2) is 78.7 Å². The molecule has 0 saturated carbocycles. The molecule has 7 rings (SSSR count). The summed E-state index contributed by atoms with van der Waals surface area (Å²) >= 11 is 23.8. The van der Waals surface area contributed by atoms with E-state index in [2.05, 4.69) is 108 Å². The van der Waals surface area contributed by atoms with Gasteiger partial charge in [-0.05, 0) is 103 Å². The average Bonchev–Trinajstić information content (AvgIpc) is 3.66. The number of aromatic amines is 1. The molecule has 2 atom stereocenters. The lowest BCUT2D eigenvalue weighted by Crippen LogP contribution is -2.43. The van der Waals surface area contributed by atoms with Crippen molar-refractivity contribution < 1.29 is 19.2 Å². The molecular formula is C41H35Br2Cl3N12O7. The molecule has 5 aromatic rings. The fraction of sp³-hybridized carbons (Fsp3) is 0.195. The summed E-state index contributed by atoms with van der Waals surface area (Å²) < 4.78 is 3.10. The van der Waals surface area contributed by atoms with Gasteiger partial charge >= 0.3 is 0 Å². The van der Waals surface area contributed by atoms with Crippen molar-refractivity contribution in [1.29, 1.82) is 0 Å². The molecule has 2 aliphatic heterocycles. The van der Waals surface area contributed by atoms with Crippen LogP contribution in [-0.2, 0) is 16.1 Å². The Morgan fingerprint density at radius 1 is 0.754 bits per heavy atom. The summed E-state index contributed by atoms with van der Waals surface area (Å²) in [6, 6.07) is 7.39. The number of Topliss-reactive ketones (excluding diaryl/α,β-unsaturated/α-hetero) is 1. The first kappa shape index (κ1) is 52.5. The van der Waals surface area contributed by atoms with Gasteiger partial charge in [0.1, 0.15) is 47.1 Å². The van der Waals surface area contributed by atoms with Gasteiger partial charge in [0.2, 0.25) is 5.78 Å². The molecule has 0 bridgehead atoms. The summed E-state index contributed by atoms with van der Waals surface area (Å²) in [6.45, 7) is 9.65. The summed E-state index contributed by atoms with van der Waals surface area (Å²) in [5.74, 6) is 15.1. The van der Waals surface area contributed by atoms with Crippen molar-refractivity contribution in [3.63, 3.8) is 0 Å². The molecule has 0 aliphatic carbocycles. The number of rotatable bonds is 3. The van der Waals surface area contributed by atoms with E-state index in [0.29, 0.717) is 16.1 Å². The van der Waals surface area contributed by atoms with Crippen LogP contribution < -0.4 is 44.1 Å². The number of hydrogen-bond donors (Lipinski definition) is 6. The number of halogens is 5. The number of hydrogen-bond acceptors (Lipinski definition) is 13. The molecule has 24 heteroatoms. The highest BCUT2D eigenvalue weighted by Crippen LogP contribution is 2.29. The third kappa shape index (κ3) is 13.4. The quantitative estimate of drug-likeness (QED) is 0.105. The zero-order valence-electron chi connectivity index (χ0n) is 34.8. The van der Waals surface area contributed by atoms with Gasteiger partial charge in [-0.1, -0.05) is 52.6 Å². The Kier molecular flexibility index (Phi) is 18.8. The van der Waals surface area contributed by atoms with Gasteiger partial charge in [-0.2, -0.15) is 0 Å². The Bertz CT molecular complexity index is 3040.